The highest BCUT2D eigenvalue weighted by Gasteiger charge is 2.34. The smallest absolute Gasteiger partial charge is 0.410 e. The first kappa shape index (κ1) is 21.9. The number of aliphatic imine (C=N–C) groups is 1. The van der Waals surface area contributed by atoms with E-state index in [0.717, 1.165) is 0 Å². The van der Waals surface area contributed by atoms with Crippen LogP contribution in [-0.2, 0) is 9.47 Å². The molecule has 1 aliphatic heterocycles. The number of carbonyl (C=O) groups is 2. The van der Waals surface area contributed by atoms with E-state index in [2.05, 4.69) is 20.9 Å². The molecule has 26 heavy (non-hydrogen) atoms. The molecule has 9 heteroatoms. The van der Waals surface area contributed by atoms with E-state index < -0.39 is 17.3 Å². The predicted octanol–water partition coefficient (Wildman–Crippen LogP) is 1.30. The van der Waals surface area contributed by atoms with Gasteiger partial charge in [0.1, 0.15) is 11.2 Å². The van der Waals surface area contributed by atoms with Crippen LogP contribution in [0.3, 0.4) is 0 Å². The number of hydrogen-bond acceptors (Lipinski definition) is 5. The summed E-state index contributed by atoms with van der Waals surface area (Å²) in [5.41, 5.74) is -1.01. The standard InChI is InChI=1S/C17H33N5O4/c1-16(2,3)25-14(23)20-9-8-19-13(18-7)21-12-10-22(11-12)15(24)26-17(4,5)6/h12H,8-11H2,1-7H3,(H,20,23)(H2,18,19,21). The van der Waals surface area contributed by atoms with E-state index in [9.17, 15) is 9.59 Å². The van der Waals surface area contributed by atoms with E-state index >= 15 is 0 Å². The van der Waals surface area contributed by atoms with Gasteiger partial charge in [0, 0.05) is 33.2 Å². The van der Waals surface area contributed by atoms with Crippen LogP contribution in [0.1, 0.15) is 41.5 Å². The average molecular weight is 371 g/mol. The Morgan fingerprint density at radius 2 is 1.54 bits per heavy atom. The highest BCUT2D eigenvalue weighted by atomic mass is 16.6. The first-order valence-electron chi connectivity index (χ1n) is 8.81. The van der Waals surface area contributed by atoms with Crippen molar-refractivity contribution < 1.29 is 19.1 Å². The van der Waals surface area contributed by atoms with E-state index in [1.54, 1.807) is 11.9 Å². The SMILES string of the molecule is CN=C(NCCNC(=O)OC(C)(C)C)NC1CN(C(=O)OC(C)(C)C)C1. The minimum atomic E-state index is -0.515. The minimum Gasteiger partial charge on any atom is -0.444 e. The molecule has 0 unspecified atom stereocenters. The molecule has 1 aliphatic rings. The number of carbonyl (C=O) groups excluding carboxylic acids is 2. The molecule has 9 nitrogen and oxygen atoms in total. The maximum Gasteiger partial charge on any atom is 0.410 e. The van der Waals surface area contributed by atoms with E-state index in [4.69, 9.17) is 9.47 Å². The number of ether oxygens (including phenoxy) is 2. The third-order valence-electron chi connectivity index (χ3n) is 3.18. The van der Waals surface area contributed by atoms with Crippen LogP contribution in [0.25, 0.3) is 0 Å². The third kappa shape index (κ3) is 8.77. The van der Waals surface area contributed by atoms with Crippen LogP contribution < -0.4 is 16.0 Å². The van der Waals surface area contributed by atoms with Gasteiger partial charge >= 0.3 is 12.2 Å². The van der Waals surface area contributed by atoms with E-state index in [0.29, 0.717) is 32.1 Å². The summed E-state index contributed by atoms with van der Waals surface area (Å²) in [6.45, 7) is 13.0. The predicted molar refractivity (Wildman–Crippen MR) is 100 cm³/mol. The number of likely N-dealkylation sites (tertiary alicyclic amines) is 1. The van der Waals surface area contributed by atoms with Crippen LogP contribution in [0.5, 0.6) is 0 Å². The highest BCUT2D eigenvalue weighted by Crippen LogP contribution is 2.15. The van der Waals surface area contributed by atoms with Crippen LogP contribution in [0.15, 0.2) is 4.99 Å². The zero-order chi connectivity index (χ0) is 20.0. The number of amides is 2. The lowest BCUT2D eigenvalue weighted by Gasteiger charge is -2.40. The van der Waals surface area contributed by atoms with Crippen molar-refractivity contribution in [2.45, 2.75) is 58.8 Å². The van der Waals surface area contributed by atoms with Gasteiger partial charge in [-0.05, 0) is 41.5 Å². The van der Waals surface area contributed by atoms with Crippen molar-refractivity contribution in [2.24, 2.45) is 4.99 Å². The molecule has 1 heterocycles. The molecule has 0 atom stereocenters. The molecular weight excluding hydrogens is 338 g/mol. The first-order valence-corrected chi connectivity index (χ1v) is 8.81. The maximum atomic E-state index is 11.9. The molecule has 150 valence electrons. The zero-order valence-corrected chi connectivity index (χ0v) is 16.9. The molecule has 1 rings (SSSR count). The van der Waals surface area contributed by atoms with Gasteiger partial charge in [-0.15, -0.1) is 0 Å². The van der Waals surface area contributed by atoms with Gasteiger partial charge in [0.15, 0.2) is 5.96 Å². The number of rotatable bonds is 4. The summed E-state index contributed by atoms with van der Waals surface area (Å²) in [5, 5.41) is 8.99. The van der Waals surface area contributed by atoms with E-state index in [1.807, 2.05) is 41.5 Å². The second kappa shape index (κ2) is 8.95. The van der Waals surface area contributed by atoms with Gasteiger partial charge in [0.05, 0.1) is 6.04 Å². The Kier molecular flexibility index (Phi) is 7.53. The first-order chi connectivity index (χ1) is 11.9. The summed E-state index contributed by atoms with van der Waals surface area (Å²) in [6.07, 6.45) is -0.755. The number of nitrogens with zero attached hydrogens (tertiary/aromatic N) is 2. The van der Waals surface area contributed by atoms with Crippen LogP contribution in [0, 0.1) is 0 Å². The van der Waals surface area contributed by atoms with E-state index in [1.165, 1.54) is 0 Å². The maximum absolute atomic E-state index is 11.9. The molecule has 0 saturated carbocycles. The summed E-state index contributed by atoms with van der Waals surface area (Å²) in [4.78, 5) is 29.2. The minimum absolute atomic E-state index is 0.118. The molecule has 0 aromatic carbocycles. The monoisotopic (exact) mass is 371 g/mol. The lowest BCUT2D eigenvalue weighted by molar-refractivity contribution is 0.00700. The summed E-state index contributed by atoms with van der Waals surface area (Å²) in [7, 11) is 1.67. The van der Waals surface area contributed by atoms with Crippen LogP contribution in [0.4, 0.5) is 9.59 Å². The summed E-state index contributed by atoms with van der Waals surface area (Å²) in [6, 6.07) is 0.118. The van der Waals surface area contributed by atoms with Crippen molar-refractivity contribution in [3.8, 4) is 0 Å². The Balaban J connectivity index is 2.21. The lowest BCUT2D eigenvalue weighted by Crippen LogP contribution is -2.63. The fraction of sp³-hybridized carbons (Fsp3) is 0.824. The van der Waals surface area contributed by atoms with Gasteiger partial charge in [-0.1, -0.05) is 0 Å². The molecule has 0 radical (unpaired) electrons. The Morgan fingerprint density at radius 3 is 2.04 bits per heavy atom. The van der Waals surface area contributed by atoms with Crippen molar-refractivity contribution in [3.63, 3.8) is 0 Å². The van der Waals surface area contributed by atoms with Crippen molar-refractivity contribution in [3.05, 3.63) is 0 Å². The fourth-order valence-electron chi connectivity index (χ4n) is 2.09. The average Bonchev–Trinajstić information content (AvgIpc) is 2.40. The van der Waals surface area contributed by atoms with Gasteiger partial charge in [0.2, 0.25) is 0 Å². The zero-order valence-electron chi connectivity index (χ0n) is 16.9. The molecule has 2 amide bonds. The normalized spacial score (nSPS) is 15.8. The molecule has 0 aliphatic carbocycles. The molecule has 0 aromatic heterocycles. The quantitative estimate of drug-likeness (QED) is 0.391. The molecule has 0 spiro atoms. The van der Waals surface area contributed by atoms with Gasteiger partial charge in [-0.2, -0.15) is 0 Å². The Hall–Kier alpha value is -2.19. The van der Waals surface area contributed by atoms with Crippen molar-refractivity contribution in [1.29, 1.82) is 0 Å². The number of alkyl carbamates (subject to hydrolysis) is 1. The van der Waals surface area contributed by atoms with Gasteiger partial charge in [0.25, 0.3) is 0 Å². The van der Waals surface area contributed by atoms with Crippen LogP contribution in [0.2, 0.25) is 0 Å². The van der Waals surface area contributed by atoms with Crippen LogP contribution in [-0.4, -0.2) is 73.5 Å². The van der Waals surface area contributed by atoms with Gasteiger partial charge in [-0.3, -0.25) is 4.99 Å². The largest absolute Gasteiger partial charge is 0.444 e. The molecule has 0 aromatic rings. The molecule has 0 bridgehead atoms. The van der Waals surface area contributed by atoms with Gasteiger partial charge < -0.3 is 30.3 Å². The van der Waals surface area contributed by atoms with Crippen molar-refractivity contribution >= 4 is 18.1 Å². The molecule has 1 saturated heterocycles. The Bertz CT molecular complexity index is 516. The second-order valence-electron chi connectivity index (χ2n) is 8.15. The van der Waals surface area contributed by atoms with Crippen molar-refractivity contribution in [2.75, 3.05) is 33.2 Å². The number of hydrogen-bond donors (Lipinski definition) is 3. The van der Waals surface area contributed by atoms with Crippen molar-refractivity contribution in [1.82, 2.24) is 20.9 Å². The van der Waals surface area contributed by atoms with Crippen LogP contribution >= 0.6 is 0 Å². The second-order valence-corrected chi connectivity index (χ2v) is 8.15. The Labute approximate surface area is 155 Å². The Morgan fingerprint density at radius 1 is 1.00 bits per heavy atom. The molecular formula is C17H33N5O4. The summed E-state index contributed by atoms with van der Waals surface area (Å²) < 4.78 is 10.5. The summed E-state index contributed by atoms with van der Waals surface area (Å²) in [5.74, 6) is 0.616. The fourth-order valence-corrected chi connectivity index (χ4v) is 2.09. The molecule has 3 N–H and O–H groups in total. The molecule has 1 fully saturated rings. The summed E-state index contributed by atoms with van der Waals surface area (Å²) >= 11 is 0. The lowest BCUT2D eigenvalue weighted by atomic mass is 10.1. The number of guanidine groups is 1. The highest BCUT2D eigenvalue weighted by molar-refractivity contribution is 5.80. The van der Waals surface area contributed by atoms with Gasteiger partial charge in [-0.25, -0.2) is 9.59 Å². The van der Waals surface area contributed by atoms with E-state index in [-0.39, 0.29) is 12.1 Å². The topological polar surface area (TPSA) is 104 Å². The third-order valence-corrected chi connectivity index (χ3v) is 3.18. The number of nitrogens with one attached hydrogen (secondary N) is 3.